The van der Waals surface area contributed by atoms with Gasteiger partial charge < -0.3 is 10.2 Å². The fraction of sp³-hybridized carbons (Fsp3) is 0.294. The molecule has 2 nitrogen and oxygen atoms in total. The first-order chi connectivity index (χ1) is 10.3. The van der Waals surface area contributed by atoms with Gasteiger partial charge in [-0.05, 0) is 42.8 Å². The van der Waals surface area contributed by atoms with E-state index < -0.39 is 0 Å². The van der Waals surface area contributed by atoms with Crippen LogP contribution in [0.2, 0.25) is 0 Å². The van der Waals surface area contributed by atoms with Gasteiger partial charge in [0.15, 0.2) is 0 Å². The molecule has 0 saturated carbocycles. The maximum Gasteiger partial charge on any atom is 0.123 e. The SMILES string of the molecule is Fc1ccc(SCCN2CCCNc3ccccc32)cc1. The number of fused-ring (bicyclic) bond motifs is 1. The number of nitrogens with zero attached hydrogens (tertiary/aromatic N) is 1. The minimum atomic E-state index is -0.174. The van der Waals surface area contributed by atoms with Crippen LogP contribution in [0.1, 0.15) is 6.42 Å². The van der Waals surface area contributed by atoms with Gasteiger partial charge in [-0.15, -0.1) is 11.8 Å². The van der Waals surface area contributed by atoms with Gasteiger partial charge in [-0.3, -0.25) is 0 Å². The van der Waals surface area contributed by atoms with Crippen LogP contribution in [-0.2, 0) is 0 Å². The highest BCUT2D eigenvalue weighted by Gasteiger charge is 2.13. The predicted molar refractivity (Wildman–Crippen MR) is 88.9 cm³/mol. The van der Waals surface area contributed by atoms with Crippen LogP contribution in [0.25, 0.3) is 0 Å². The molecule has 0 aromatic heterocycles. The lowest BCUT2D eigenvalue weighted by atomic mass is 10.2. The van der Waals surface area contributed by atoms with Crippen LogP contribution in [0.15, 0.2) is 53.4 Å². The van der Waals surface area contributed by atoms with Crippen LogP contribution in [0.5, 0.6) is 0 Å². The van der Waals surface area contributed by atoms with E-state index in [2.05, 4.69) is 34.5 Å². The zero-order chi connectivity index (χ0) is 14.5. The van der Waals surface area contributed by atoms with Crippen molar-refractivity contribution in [2.75, 3.05) is 35.6 Å². The van der Waals surface area contributed by atoms with Gasteiger partial charge in [0, 0.05) is 30.3 Å². The van der Waals surface area contributed by atoms with Crippen molar-refractivity contribution in [2.45, 2.75) is 11.3 Å². The Bertz CT molecular complexity index is 586. The lowest BCUT2D eigenvalue weighted by molar-refractivity contribution is 0.626. The van der Waals surface area contributed by atoms with Crippen LogP contribution in [0, 0.1) is 5.82 Å². The van der Waals surface area contributed by atoms with E-state index in [1.807, 2.05) is 12.1 Å². The number of hydrogen-bond acceptors (Lipinski definition) is 3. The van der Waals surface area contributed by atoms with Gasteiger partial charge in [-0.2, -0.15) is 0 Å². The quantitative estimate of drug-likeness (QED) is 0.850. The molecule has 1 aliphatic rings. The lowest BCUT2D eigenvalue weighted by Gasteiger charge is -2.24. The predicted octanol–water partition coefficient (Wildman–Crippen LogP) is 4.24. The van der Waals surface area contributed by atoms with Crippen LogP contribution < -0.4 is 10.2 Å². The normalized spacial score (nSPS) is 14.2. The molecule has 0 radical (unpaired) electrons. The third-order valence-electron chi connectivity index (χ3n) is 3.61. The number of anilines is 2. The third-order valence-corrected chi connectivity index (χ3v) is 4.60. The monoisotopic (exact) mass is 302 g/mol. The van der Waals surface area contributed by atoms with Gasteiger partial charge in [0.25, 0.3) is 0 Å². The molecule has 21 heavy (non-hydrogen) atoms. The van der Waals surface area contributed by atoms with Gasteiger partial charge in [0.1, 0.15) is 5.82 Å². The van der Waals surface area contributed by atoms with Crippen molar-refractivity contribution in [1.82, 2.24) is 0 Å². The Morgan fingerprint density at radius 1 is 1.10 bits per heavy atom. The summed E-state index contributed by atoms with van der Waals surface area (Å²) in [4.78, 5) is 3.56. The first-order valence-corrected chi connectivity index (χ1v) is 8.28. The number of benzene rings is 2. The summed E-state index contributed by atoms with van der Waals surface area (Å²) < 4.78 is 12.9. The van der Waals surface area contributed by atoms with Crippen molar-refractivity contribution in [3.8, 4) is 0 Å². The van der Waals surface area contributed by atoms with Gasteiger partial charge in [-0.25, -0.2) is 4.39 Å². The number of thioether (sulfide) groups is 1. The number of hydrogen-bond donors (Lipinski definition) is 1. The molecule has 2 aromatic rings. The first-order valence-electron chi connectivity index (χ1n) is 7.29. The maximum absolute atomic E-state index is 12.9. The van der Waals surface area contributed by atoms with E-state index in [1.54, 1.807) is 11.8 Å². The second kappa shape index (κ2) is 6.85. The fourth-order valence-electron chi connectivity index (χ4n) is 2.55. The molecule has 1 heterocycles. The summed E-state index contributed by atoms with van der Waals surface area (Å²) in [6.07, 6.45) is 1.15. The summed E-state index contributed by atoms with van der Waals surface area (Å²) in [7, 11) is 0. The zero-order valence-electron chi connectivity index (χ0n) is 11.9. The molecule has 1 N–H and O–H groups in total. The summed E-state index contributed by atoms with van der Waals surface area (Å²) in [5, 5.41) is 3.48. The Balaban J connectivity index is 1.61. The van der Waals surface area contributed by atoms with E-state index >= 15 is 0 Å². The number of halogens is 1. The third kappa shape index (κ3) is 3.70. The molecule has 0 unspecified atom stereocenters. The van der Waals surface area contributed by atoms with Crippen molar-refractivity contribution < 1.29 is 4.39 Å². The van der Waals surface area contributed by atoms with Gasteiger partial charge >= 0.3 is 0 Å². The minimum absolute atomic E-state index is 0.174. The molecule has 4 heteroatoms. The zero-order valence-corrected chi connectivity index (χ0v) is 12.7. The molecule has 2 aromatic carbocycles. The summed E-state index contributed by atoms with van der Waals surface area (Å²) in [6.45, 7) is 3.10. The summed E-state index contributed by atoms with van der Waals surface area (Å²) in [6, 6.07) is 15.2. The highest BCUT2D eigenvalue weighted by molar-refractivity contribution is 7.99. The number of rotatable bonds is 4. The Kier molecular flexibility index (Phi) is 4.65. The standard InChI is InChI=1S/C17H19FN2S/c18-14-6-8-15(9-7-14)21-13-12-20-11-3-10-19-16-4-1-2-5-17(16)20/h1-2,4-9,19H,3,10-13H2. The van der Waals surface area contributed by atoms with Crippen LogP contribution in [0.4, 0.5) is 15.8 Å². The summed E-state index contributed by atoms with van der Waals surface area (Å²) >= 11 is 1.78. The van der Waals surface area contributed by atoms with E-state index in [0.717, 1.165) is 36.7 Å². The molecule has 0 bridgehead atoms. The van der Waals surface area contributed by atoms with E-state index in [1.165, 1.54) is 23.5 Å². The fourth-order valence-corrected chi connectivity index (χ4v) is 3.42. The molecule has 0 aliphatic carbocycles. The lowest BCUT2D eigenvalue weighted by Crippen LogP contribution is -2.26. The maximum atomic E-state index is 12.9. The second-order valence-corrected chi connectivity index (χ2v) is 6.26. The van der Waals surface area contributed by atoms with Crippen LogP contribution in [0.3, 0.4) is 0 Å². The van der Waals surface area contributed by atoms with Gasteiger partial charge in [0.2, 0.25) is 0 Å². The van der Waals surface area contributed by atoms with E-state index in [-0.39, 0.29) is 5.82 Å². The minimum Gasteiger partial charge on any atom is -0.383 e. The number of para-hydroxylation sites is 2. The summed E-state index contributed by atoms with van der Waals surface area (Å²) in [5.74, 6) is 0.826. The average molecular weight is 302 g/mol. The van der Waals surface area contributed by atoms with Crippen molar-refractivity contribution in [1.29, 1.82) is 0 Å². The first kappa shape index (κ1) is 14.3. The molecule has 110 valence electrons. The largest absolute Gasteiger partial charge is 0.383 e. The molecule has 0 saturated heterocycles. The van der Waals surface area contributed by atoms with Gasteiger partial charge in [-0.1, -0.05) is 12.1 Å². The van der Waals surface area contributed by atoms with Crippen molar-refractivity contribution in [3.05, 3.63) is 54.3 Å². The highest BCUT2D eigenvalue weighted by atomic mass is 32.2. The molecule has 0 fully saturated rings. The molecule has 0 atom stereocenters. The van der Waals surface area contributed by atoms with Crippen molar-refractivity contribution in [3.63, 3.8) is 0 Å². The molecule has 0 amide bonds. The number of nitrogens with one attached hydrogen (secondary N) is 1. The second-order valence-electron chi connectivity index (χ2n) is 5.09. The molecule has 0 spiro atoms. The molecule has 1 aliphatic heterocycles. The van der Waals surface area contributed by atoms with E-state index in [4.69, 9.17) is 0 Å². The van der Waals surface area contributed by atoms with E-state index in [9.17, 15) is 4.39 Å². The van der Waals surface area contributed by atoms with E-state index in [0.29, 0.717) is 0 Å². The van der Waals surface area contributed by atoms with Crippen molar-refractivity contribution >= 4 is 23.1 Å². The Labute approximate surface area is 129 Å². The Morgan fingerprint density at radius 3 is 2.76 bits per heavy atom. The van der Waals surface area contributed by atoms with Crippen molar-refractivity contribution in [2.24, 2.45) is 0 Å². The summed E-state index contributed by atoms with van der Waals surface area (Å²) in [5.41, 5.74) is 2.51. The van der Waals surface area contributed by atoms with Crippen LogP contribution >= 0.6 is 11.8 Å². The van der Waals surface area contributed by atoms with Crippen LogP contribution in [-0.4, -0.2) is 25.4 Å². The smallest absolute Gasteiger partial charge is 0.123 e. The Hall–Kier alpha value is -1.68. The molecule has 3 rings (SSSR count). The molecular weight excluding hydrogens is 283 g/mol. The topological polar surface area (TPSA) is 15.3 Å². The highest BCUT2D eigenvalue weighted by Crippen LogP contribution is 2.28. The average Bonchev–Trinajstić information content (AvgIpc) is 2.72. The van der Waals surface area contributed by atoms with Gasteiger partial charge in [0.05, 0.1) is 11.4 Å². The molecular formula is C17H19FN2S. The Morgan fingerprint density at radius 2 is 1.90 bits per heavy atom.